The van der Waals surface area contributed by atoms with E-state index in [2.05, 4.69) is 69.8 Å². The average molecular weight is 335 g/mol. The standard InChI is InChI=1S/C21H25N3O/c1-2-6-17(7-3-1)20(24-13-11-22-12-14-24)10-15-25-21-16-18-8-4-5-9-19(18)23-21/h1-9,16,20,22-23H,10-15H2. The summed E-state index contributed by atoms with van der Waals surface area (Å²) in [5.74, 6) is 0.855. The number of ether oxygens (including phenoxy) is 1. The lowest BCUT2D eigenvalue weighted by molar-refractivity contribution is 0.145. The van der Waals surface area contributed by atoms with Crippen LogP contribution in [0.3, 0.4) is 0 Å². The monoisotopic (exact) mass is 335 g/mol. The van der Waals surface area contributed by atoms with Crippen LogP contribution in [0, 0.1) is 0 Å². The minimum Gasteiger partial charge on any atom is -0.479 e. The quantitative estimate of drug-likeness (QED) is 0.723. The summed E-state index contributed by atoms with van der Waals surface area (Å²) < 4.78 is 6.04. The summed E-state index contributed by atoms with van der Waals surface area (Å²) >= 11 is 0. The Bertz CT molecular complexity index is 760. The molecular formula is C21H25N3O. The minimum atomic E-state index is 0.410. The third-order valence-electron chi connectivity index (χ3n) is 4.93. The highest BCUT2D eigenvalue weighted by Crippen LogP contribution is 2.26. The van der Waals surface area contributed by atoms with Gasteiger partial charge >= 0.3 is 0 Å². The molecule has 2 N–H and O–H groups in total. The van der Waals surface area contributed by atoms with E-state index >= 15 is 0 Å². The lowest BCUT2D eigenvalue weighted by Gasteiger charge is -2.35. The molecule has 2 aromatic carbocycles. The molecule has 0 amide bonds. The molecule has 0 saturated carbocycles. The molecule has 0 bridgehead atoms. The summed E-state index contributed by atoms with van der Waals surface area (Å²) in [4.78, 5) is 5.91. The fraction of sp³-hybridized carbons (Fsp3) is 0.333. The maximum atomic E-state index is 6.04. The first-order valence-corrected chi connectivity index (χ1v) is 9.10. The number of aromatic nitrogens is 1. The number of hydrogen-bond donors (Lipinski definition) is 2. The van der Waals surface area contributed by atoms with Gasteiger partial charge in [-0.15, -0.1) is 0 Å². The second-order valence-corrected chi connectivity index (χ2v) is 6.57. The van der Waals surface area contributed by atoms with Gasteiger partial charge in [-0.05, 0) is 11.6 Å². The van der Waals surface area contributed by atoms with Crippen LogP contribution in [0.4, 0.5) is 0 Å². The summed E-state index contributed by atoms with van der Waals surface area (Å²) in [5.41, 5.74) is 2.50. The van der Waals surface area contributed by atoms with Gasteiger partial charge in [0.15, 0.2) is 5.88 Å². The Morgan fingerprint density at radius 1 is 0.960 bits per heavy atom. The van der Waals surface area contributed by atoms with Gasteiger partial charge in [0.05, 0.1) is 6.61 Å². The van der Waals surface area contributed by atoms with Crippen molar-refractivity contribution >= 4 is 10.9 Å². The topological polar surface area (TPSA) is 40.3 Å². The highest BCUT2D eigenvalue weighted by atomic mass is 16.5. The maximum Gasteiger partial charge on any atom is 0.191 e. The van der Waals surface area contributed by atoms with Crippen LogP contribution in [-0.2, 0) is 0 Å². The van der Waals surface area contributed by atoms with Crippen LogP contribution in [0.5, 0.6) is 5.88 Å². The van der Waals surface area contributed by atoms with Crippen molar-refractivity contribution in [3.05, 3.63) is 66.2 Å². The van der Waals surface area contributed by atoms with Crippen molar-refractivity contribution in [2.45, 2.75) is 12.5 Å². The van der Waals surface area contributed by atoms with E-state index in [1.807, 2.05) is 6.07 Å². The van der Waals surface area contributed by atoms with Crippen molar-refractivity contribution in [2.24, 2.45) is 0 Å². The molecule has 4 nitrogen and oxygen atoms in total. The third kappa shape index (κ3) is 3.86. The molecule has 4 heteroatoms. The van der Waals surface area contributed by atoms with E-state index in [0.717, 1.165) is 44.0 Å². The molecule has 1 unspecified atom stereocenters. The van der Waals surface area contributed by atoms with Crippen LogP contribution in [0.25, 0.3) is 10.9 Å². The van der Waals surface area contributed by atoms with Crippen LogP contribution in [0.15, 0.2) is 60.7 Å². The fourth-order valence-corrected chi connectivity index (χ4v) is 3.63. The van der Waals surface area contributed by atoms with Gasteiger partial charge in [0.1, 0.15) is 0 Å². The first-order valence-electron chi connectivity index (χ1n) is 9.10. The first kappa shape index (κ1) is 16.2. The number of aromatic amines is 1. The van der Waals surface area contributed by atoms with Gasteiger partial charge in [-0.3, -0.25) is 4.90 Å². The molecular weight excluding hydrogens is 310 g/mol. The Morgan fingerprint density at radius 2 is 1.72 bits per heavy atom. The van der Waals surface area contributed by atoms with Crippen LogP contribution in [-0.4, -0.2) is 42.7 Å². The molecule has 0 radical (unpaired) electrons. The van der Waals surface area contributed by atoms with Crippen molar-refractivity contribution in [2.75, 3.05) is 32.8 Å². The zero-order valence-corrected chi connectivity index (χ0v) is 14.4. The molecule has 1 aromatic heterocycles. The van der Waals surface area contributed by atoms with Crippen LogP contribution >= 0.6 is 0 Å². The van der Waals surface area contributed by atoms with Crippen LogP contribution in [0.2, 0.25) is 0 Å². The number of H-pyrrole nitrogens is 1. The van der Waals surface area contributed by atoms with Gasteiger partial charge in [-0.25, -0.2) is 0 Å². The number of nitrogens with zero attached hydrogens (tertiary/aromatic N) is 1. The Balaban J connectivity index is 1.43. The fourth-order valence-electron chi connectivity index (χ4n) is 3.63. The molecule has 25 heavy (non-hydrogen) atoms. The van der Waals surface area contributed by atoms with E-state index in [-0.39, 0.29) is 0 Å². The molecule has 3 aromatic rings. The lowest BCUT2D eigenvalue weighted by atomic mass is 10.0. The lowest BCUT2D eigenvalue weighted by Crippen LogP contribution is -2.45. The van der Waals surface area contributed by atoms with E-state index < -0.39 is 0 Å². The summed E-state index contributed by atoms with van der Waals surface area (Å²) in [6, 6.07) is 21.6. The molecule has 2 heterocycles. The van der Waals surface area contributed by atoms with E-state index in [4.69, 9.17) is 4.74 Å². The van der Waals surface area contributed by atoms with Gasteiger partial charge in [0, 0.05) is 55.6 Å². The summed E-state index contributed by atoms with van der Waals surface area (Å²) in [7, 11) is 0. The van der Waals surface area contributed by atoms with Gasteiger partial charge in [-0.2, -0.15) is 0 Å². The third-order valence-corrected chi connectivity index (χ3v) is 4.93. The molecule has 1 aliphatic rings. The maximum absolute atomic E-state index is 6.04. The molecule has 1 aliphatic heterocycles. The van der Waals surface area contributed by atoms with Gasteiger partial charge in [-0.1, -0.05) is 48.5 Å². The van der Waals surface area contributed by atoms with Crippen LogP contribution in [0.1, 0.15) is 18.0 Å². The highest BCUT2D eigenvalue weighted by molar-refractivity contribution is 5.81. The predicted octanol–water partition coefficient (Wildman–Crippen LogP) is 3.58. The Morgan fingerprint density at radius 3 is 2.52 bits per heavy atom. The number of piperazine rings is 1. The normalized spacial score (nSPS) is 16.8. The zero-order chi connectivity index (χ0) is 16.9. The molecule has 1 saturated heterocycles. The second kappa shape index (κ2) is 7.72. The Labute approximate surface area is 148 Å². The van der Waals surface area contributed by atoms with Gasteiger partial charge in [0.25, 0.3) is 0 Å². The van der Waals surface area contributed by atoms with E-state index in [9.17, 15) is 0 Å². The average Bonchev–Trinajstić information content (AvgIpc) is 3.09. The van der Waals surface area contributed by atoms with E-state index in [0.29, 0.717) is 12.6 Å². The summed E-state index contributed by atoms with van der Waals surface area (Å²) in [5, 5.41) is 4.63. The molecule has 1 fully saturated rings. The zero-order valence-electron chi connectivity index (χ0n) is 14.4. The number of fused-ring (bicyclic) bond motifs is 1. The number of hydrogen-bond acceptors (Lipinski definition) is 3. The Hall–Kier alpha value is -2.30. The number of benzene rings is 2. The smallest absolute Gasteiger partial charge is 0.191 e. The summed E-state index contributed by atoms with van der Waals surface area (Å²) in [6.07, 6.45) is 0.985. The van der Waals surface area contributed by atoms with Crippen molar-refractivity contribution in [3.63, 3.8) is 0 Å². The van der Waals surface area contributed by atoms with Crippen molar-refractivity contribution in [3.8, 4) is 5.88 Å². The largest absolute Gasteiger partial charge is 0.479 e. The van der Waals surface area contributed by atoms with Gasteiger partial charge < -0.3 is 15.0 Å². The predicted molar refractivity (Wildman–Crippen MR) is 102 cm³/mol. The Kier molecular flexibility index (Phi) is 5.00. The van der Waals surface area contributed by atoms with Crippen molar-refractivity contribution in [1.82, 2.24) is 15.2 Å². The van der Waals surface area contributed by atoms with Gasteiger partial charge in [0.2, 0.25) is 0 Å². The van der Waals surface area contributed by atoms with Crippen molar-refractivity contribution in [1.29, 1.82) is 0 Å². The molecule has 4 rings (SSSR count). The minimum absolute atomic E-state index is 0.410. The van der Waals surface area contributed by atoms with E-state index in [1.165, 1.54) is 10.9 Å². The van der Waals surface area contributed by atoms with Crippen LogP contribution < -0.4 is 10.1 Å². The molecule has 1 atom stereocenters. The highest BCUT2D eigenvalue weighted by Gasteiger charge is 2.22. The number of para-hydroxylation sites is 1. The first-order chi connectivity index (χ1) is 12.4. The molecule has 130 valence electrons. The van der Waals surface area contributed by atoms with Crippen molar-refractivity contribution < 1.29 is 4.74 Å². The van der Waals surface area contributed by atoms with E-state index in [1.54, 1.807) is 0 Å². The number of nitrogens with one attached hydrogen (secondary N) is 2. The second-order valence-electron chi connectivity index (χ2n) is 6.57. The molecule has 0 spiro atoms. The number of rotatable bonds is 6. The molecule has 0 aliphatic carbocycles. The SMILES string of the molecule is c1ccc(C(CCOc2cc3ccccc3[nH]2)N2CCNCC2)cc1. The summed E-state index contributed by atoms with van der Waals surface area (Å²) in [6.45, 7) is 5.01.